The summed E-state index contributed by atoms with van der Waals surface area (Å²) in [5.74, 6) is -15.4. The number of rotatable bonds is 30. The van der Waals surface area contributed by atoms with Crippen LogP contribution in [-0.4, -0.2) is 426 Å². The molecular formula is C58H95N5O42. The molecule has 7 aliphatic heterocycles. The highest BCUT2D eigenvalue weighted by Crippen LogP contribution is 2.42. The van der Waals surface area contributed by atoms with Crippen LogP contribution in [0, 0.1) is 0 Å². The van der Waals surface area contributed by atoms with Crippen molar-refractivity contribution in [2.45, 2.75) is 273 Å². The standard InChI is InChI=1S/C58H95N5O42/c1-15(70)59-29-20(75)6-57(55(89)90,103-46(29)34(79)22(77)8-64)93-14-28-38(83)45(32(50(88)94-28)62-18(4)73)101-53-41(86)40(85)43(26(12-68)98-53)99-54-42(87)49(37(82)25(11-67)96-54)102-52-33(63-19(5)74)48(44(27(13-69)97-52)100-51-31(61-17(3)72)39(84)36(81)24(10-66)95-51)105-58(56(91)92)7-21(76)30(60-16(2)71)47(104-58)35(80)23(78)9-65/h20-54,64-69,75-88H,6-14H2,1-5H3,(H,59,70)(H,60,71)(H,61,72)(H,62,73)(H,63,74)(H,89,90)(H,91,92)/t20-,21-,22+,23+,24+,25+,26+,27+,28+,29+,30+,31+,32+,33+,34+,35+,36-,37-,38-,39+,40+,41+,42+,43-,44-,45+,46+,47+,48+,49-,50-,51-,52-,53-,54-,57+,58-/m0/s1. The maximum Gasteiger partial charge on any atom is 0.364 e. The Labute approximate surface area is 593 Å². The van der Waals surface area contributed by atoms with Crippen LogP contribution in [0.4, 0.5) is 0 Å². The number of hydrogen-bond acceptors (Lipinski definition) is 40. The van der Waals surface area contributed by atoms with Crippen molar-refractivity contribution in [2.75, 3.05) is 46.2 Å². The van der Waals surface area contributed by atoms with Crippen molar-refractivity contribution < 1.29 is 207 Å². The van der Waals surface area contributed by atoms with Crippen LogP contribution in [0.5, 0.6) is 0 Å². The molecule has 0 bridgehead atoms. The molecule has 5 amide bonds. The summed E-state index contributed by atoms with van der Waals surface area (Å²) in [6.07, 6.45) is -68.3. The fourth-order valence-corrected chi connectivity index (χ4v) is 13.3. The number of carbonyl (C=O) groups excluding carboxylic acids is 5. The summed E-state index contributed by atoms with van der Waals surface area (Å²) in [6, 6.07) is -9.46. The molecule has 105 heavy (non-hydrogen) atoms. The SMILES string of the molecule is CC(=O)N[C@@H]1[C@@H](O[C@@H]2O[C@H](CO)[C@H](O[C@@H]3O[C@H](CO)[C@H](O)[C@H](O[C@@H]4O[C@H](CO)[C@H](O[C@@H]5O[C@H](CO)[C@H](O)[C@H](O)[C@H]5NC(C)=O)[C@H](O[C@]5(C(=O)O)C[C@H](O)[C@@H](NC(C)=O)[C@H]([C@H](O)[C@H](O)CO)O5)[C@H]4NC(C)=O)[C@H]3O)[C@H](O)[C@H]2O)[C@@H](O)[C@@H](CO[C@]2(C(=O)O)C[C@H](O)[C@@H](NC(C)=O)[C@H]([C@H](O)[C@H](O)CO)O2)O[C@@H]1O. The summed E-state index contributed by atoms with van der Waals surface area (Å²) in [5.41, 5.74) is 0. The Bertz CT molecular complexity index is 2900. The minimum atomic E-state index is -3.44. The summed E-state index contributed by atoms with van der Waals surface area (Å²) in [4.78, 5) is 89.9. The zero-order valence-electron chi connectivity index (χ0n) is 56.6. The van der Waals surface area contributed by atoms with E-state index in [1.807, 2.05) is 0 Å². The second-order valence-electron chi connectivity index (χ2n) is 26.1. The molecule has 0 aromatic heterocycles. The first-order valence-corrected chi connectivity index (χ1v) is 32.9. The molecule has 604 valence electrons. The Morgan fingerprint density at radius 3 is 1.27 bits per heavy atom. The van der Waals surface area contributed by atoms with Gasteiger partial charge in [0.2, 0.25) is 29.5 Å². The van der Waals surface area contributed by atoms with Gasteiger partial charge in [-0.2, -0.15) is 0 Å². The maximum absolute atomic E-state index is 13.8. The van der Waals surface area contributed by atoms with Gasteiger partial charge in [-0.25, -0.2) is 9.59 Å². The van der Waals surface area contributed by atoms with Gasteiger partial charge in [-0.3, -0.25) is 24.0 Å². The van der Waals surface area contributed by atoms with E-state index in [1.54, 1.807) is 0 Å². The number of aliphatic hydroxyl groups is 20. The fourth-order valence-electron chi connectivity index (χ4n) is 13.3. The third-order valence-electron chi connectivity index (χ3n) is 18.5. The van der Waals surface area contributed by atoms with Crippen molar-refractivity contribution in [3.05, 3.63) is 0 Å². The molecule has 0 radical (unpaired) electrons. The molecular weight excluding hydrogens is 1440 g/mol. The summed E-state index contributed by atoms with van der Waals surface area (Å²) in [5, 5.41) is 254. The van der Waals surface area contributed by atoms with Crippen molar-refractivity contribution in [3.8, 4) is 0 Å². The maximum atomic E-state index is 13.8. The van der Waals surface area contributed by atoms with Crippen molar-refractivity contribution in [3.63, 3.8) is 0 Å². The minimum absolute atomic E-state index is 0.828. The molecule has 47 nitrogen and oxygen atoms in total. The number of amides is 5. The number of carboxylic acid groups (broad SMARTS) is 2. The Kier molecular flexibility index (Phi) is 30.8. The van der Waals surface area contributed by atoms with Crippen molar-refractivity contribution in [1.82, 2.24) is 26.6 Å². The van der Waals surface area contributed by atoms with Crippen molar-refractivity contribution in [1.29, 1.82) is 0 Å². The minimum Gasteiger partial charge on any atom is -0.477 e. The van der Waals surface area contributed by atoms with Crippen LogP contribution in [0.2, 0.25) is 0 Å². The second-order valence-corrected chi connectivity index (χ2v) is 26.1. The van der Waals surface area contributed by atoms with E-state index in [-0.39, 0.29) is 0 Å². The fraction of sp³-hybridized carbons (Fsp3) is 0.879. The van der Waals surface area contributed by atoms with E-state index < -0.39 is 326 Å². The lowest BCUT2D eigenvalue weighted by molar-refractivity contribution is -0.395. The van der Waals surface area contributed by atoms with E-state index in [0.29, 0.717) is 0 Å². The van der Waals surface area contributed by atoms with Gasteiger partial charge in [0.05, 0.1) is 70.5 Å². The van der Waals surface area contributed by atoms with Crippen molar-refractivity contribution >= 4 is 41.5 Å². The van der Waals surface area contributed by atoms with Crippen LogP contribution >= 0.6 is 0 Å². The quantitative estimate of drug-likeness (QED) is 0.0318. The topological polar surface area (TPSA) is 745 Å². The summed E-state index contributed by atoms with van der Waals surface area (Å²) >= 11 is 0. The van der Waals surface area contributed by atoms with Crippen LogP contribution in [0.25, 0.3) is 0 Å². The Balaban J connectivity index is 1.19. The van der Waals surface area contributed by atoms with Crippen LogP contribution in [0.15, 0.2) is 0 Å². The van der Waals surface area contributed by atoms with Crippen LogP contribution in [0.3, 0.4) is 0 Å². The first-order chi connectivity index (χ1) is 49.3. The predicted molar refractivity (Wildman–Crippen MR) is 324 cm³/mol. The highest BCUT2D eigenvalue weighted by atomic mass is 16.8. The molecule has 27 N–H and O–H groups in total. The Morgan fingerprint density at radius 2 is 0.771 bits per heavy atom. The van der Waals surface area contributed by atoms with E-state index in [2.05, 4.69) is 26.6 Å². The summed E-state index contributed by atoms with van der Waals surface area (Å²) < 4.78 is 76.5. The average molecular weight is 1530 g/mol. The van der Waals surface area contributed by atoms with Crippen LogP contribution in [-0.2, 0) is 95.1 Å². The Morgan fingerprint density at radius 1 is 0.390 bits per heavy atom. The first-order valence-electron chi connectivity index (χ1n) is 32.9. The molecule has 0 aliphatic carbocycles. The van der Waals surface area contributed by atoms with E-state index in [0.717, 1.165) is 34.6 Å². The third kappa shape index (κ3) is 19.6. The molecule has 7 saturated heterocycles. The van der Waals surface area contributed by atoms with Crippen LogP contribution < -0.4 is 26.6 Å². The van der Waals surface area contributed by atoms with Gasteiger partial charge >= 0.3 is 11.9 Å². The average Bonchev–Trinajstić information content (AvgIpc) is 0.774. The molecule has 0 unspecified atom stereocenters. The highest BCUT2D eigenvalue weighted by Gasteiger charge is 2.64. The first kappa shape index (κ1) is 87.2. The van der Waals surface area contributed by atoms with Crippen molar-refractivity contribution in [2.24, 2.45) is 0 Å². The van der Waals surface area contributed by atoms with E-state index in [4.69, 9.17) is 61.6 Å². The number of carboxylic acids is 2. The van der Waals surface area contributed by atoms with Gasteiger partial charge in [0.15, 0.2) is 31.5 Å². The van der Waals surface area contributed by atoms with Gasteiger partial charge in [-0.15, -0.1) is 0 Å². The number of carbonyl (C=O) groups is 7. The molecule has 7 aliphatic rings. The Hall–Kier alpha value is -5.03. The molecule has 7 heterocycles. The van der Waals surface area contributed by atoms with Crippen LogP contribution in [0.1, 0.15) is 47.5 Å². The molecule has 7 rings (SSSR count). The molecule has 47 heteroatoms. The molecule has 0 spiro atoms. The molecule has 0 aromatic carbocycles. The normalized spacial score (nSPS) is 43.6. The van der Waals surface area contributed by atoms with Gasteiger partial charge in [0.1, 0.15) is 159 Å². The zero-order chi connectivity index (χ0) is 78.3. The largest absolute Gasteiger partial charge is 0.477 e. The van der Waals surface area contributed by atoms with E-state index >= 15 is 0 Å². The summed E-state index contributed by atoms with van der Waals surface area (Å²) in [7, 11) is 0. The molecule has 0 aromatic rings. The molecule has 37 atom stereocenters. The van der Waals surface area contributed by atoms with E-state index in [1.165, 1.54) is 0 Å². The second kappa shape index (κ2) is 37.1. The lowest BCUT2D eigenvalue weighted by Gasteiger charge is -2.53. The number of nitrogens with one attached hydrogen (secondary N) is 5. The molecule has 7 fully saturated rings. The summed E-state index contributed by atoms with van der Waals surface area (Å²) in [6.45, 7) is -3.80. The van der Waals surface area contributed by atoms with E-state index in [9.17, 15) is 146 Å². The number of aliphatic carboxylic acids is 2. The smallest absolute Gasteiger partial charge is 0.364 e. The predicted octanol–water partition coefficient (Wildman–Crippen LogP) is -17.1. The molecule has 0 saturated carbocycles. The van der Waals surface area contributed by atoms with Gasteiger partial charge in [-0.1, -0.05) is 0 Å². The van der Waals surface area contributed by atoms with Gasteiger partial charge in [-0.05, 0) is 0 Å². The lowest BCUT2D eigenvalue weighted by Crippen LogP contribution is -2.73. The van der Waals surface area contributed by atoms with Gasteiger partial charge < -0.3 is 201 Å². The number of hydrogen-bond donors (Lipinski definition) is 27. The zero-order valence-corrected chi connectivity index (χ0v) is 56.6. The third-order valence-corrected chi connectivity index (χ3v) is 18.5. The lowest BCUT2D eigenvalue weighted by atomic mass is 9.87. The number of ether oxygens (including phenoxy) is 13. The highest BCUT2D eigenvalue weighted by molar-refractivity contribution is 5.78. The van der Waals surface area contributed by atoms with Gasteiger partial charge in [0.25, 0.3) is 11.6 Å². The number of aliphatic hydroxyl groups excluding tert-OH is 20. The van der Waals surface area contributed by atoms with Gasteiger partial charge in [0, 0.05) is 47.5 Å². The monoisotopic (exact) mass is 1530 g/mol.